The third-order valence-corrected chi connectivity index (χ3v) is 4.37. The molecular formula is C16H27N3. The highest BCUT2D eigenvalue weighted by Gasteiger charge is 2.22. The van der Waals surface area contributed by atoms with E-state index in [1.54, 1.807) is 0 Å². The fraction of sp³-hybridized carbons (Fsp3) is 0.625. The molecule has 0 aromatic heterocycles. The van der Waals surface area contributed by atoms with Crippen LogP contribution in [0.2, 0.25) is 0 Å². The molecule has 1 heterocycles. The molecule has 1 aromatic rings. The average molecular weight is 261 g/mol. The zero-order valence-electron chi connectivity index (χ0n) is 12.5. The van der Waals surface area contributed by atoms with Gasteiger partial charge in [-0.1, -0.05) is 25.1 Å². The molecule has 0 bridgehead atoms. The number of rotatable bonds is 4. The summed E-state index contributed by atoms with van der Waals surface area (Å²) in [7, 11) is 2.24. The molecule has 1 saturated heterocycles. The molecule has 1 aliphatic heterocycles. The summed E-state index contributed by atoms with van der Waals surface area (Å²) in [6.07, 6.45) is 1.23. The Morgan fingerprint density at radius 3 is 2.74 bits per heavy atom. The third-order valence-electron chi connectivity index (χ3n) is 4.37. The van der Waals surface area contributed by atoms with Crippen LogP contribution >= 0.6 is 0 Å². The smallest absolute Gasteiger partial charge is 0.0237 e. The monoisotopic (exact) mass is 261 g/mol. The Labute approximate surface area is 117 Å². The van der Waals surface area contributed by atoms with Crippen molar-refractivity contribution in [2.24, 2.45) is 5.73 Å². The number of nitrogens with two attached hydrogens (primary N) is 1. The van der Waals surface area contributed by atoms with E-state index in [0.29, 0.717) is 12.6 Å². The Bertz CT molecular complexity index is 416. The van der Waals surface area contributed by atoms with Crippen LogP contribution in [0, 0.1) is 6.92 Å². The van der Waals surface area contributed by atoms with Crippen LogP contribution in [-0.4, -0.2) is 42.5 Å². The summed E-state index contributed by atoms with van der Waals surface area (Å²) in [4.78, 5) is 5.07. The van der Waals surface area contributed by atoms with E-state index in [2.05, 4.69) is 48.9 Å². The van der Waals surface area contributed by atoms with E-state index >= 15 is 0 Å². The van der Waals surface area contributed by atoms with Crippen molar-refractivity contribution in [2.75, 3.05) is 26.7 Å². The summed E-state index contributed by atoms with van der Waals surface area (Å²) in [6.45, 7) is 9.72. The zero-order chi connectivity index (χ0) is 13.8. The van der Waals surface area contributed by atoms with Gasteiger partial charge in [-0.05, 0) is 37.1 Å². The van der Waals surface area contributed by atoms with Crippen molar-refractivity contribution in [3.8, 4) is 0 Å². The van der Waals surface area contributed by atoms with Crippen molar-refractivity contribution in [3.05, 3.63) is 34.9 Å². The molecule has 0 radical (unpaired) electrons. The quantitative estimate of drug-likeness (QED) is 0.899. The summed E-state index contributed by atoms with van der Waals surface area (Å²) in [5.41, 5.74) is 9.73. The number of nitrogens with zero attached hydrogens (tertiary/aromatic N) is 2. The van der Waals surface area contributed by atoms with Gasteiger partial charge in [0.05, 0.1) is 0 Å². The Morgan fingerprint density at radius 2 is 2.11 bits per heavy atom. The van der Waals surface area contributed by atoms with Crippen molar-refractivity contribution < 1.29 is 0 Å². The maximum atomic E-state index is 5.69. The van der Waals surface area contributed by atoms with E-state index in [1.807, 2.05) is 0 Å². The van der Waals surface area contributed by atoms with Crippen LogP contribution in [0.1, 0.15) is 30.0 Å². The normalized spacial score (nSPS) is 21.8. The highest BCUT2D eigenvalue weighted by Crippen LogP contribution is 2.17. The SMILES string of the molecule is CCC1CN(Cc2ccc(CN)cc2C)CCN1C. The van der Waals surface area contributed by atoms with Crippen molar-refractivity contribution in [1.82, 2.24) is 9.80 Å². The Morgan fingerprint density at radius 1 is 1.32 bits per heavy atom. The van der Waals surface area contributed by atoms with Gasteiger partial charge in [0.2, 0.25) is 0 Å². The molecule has 106 valence electrons. The van der Waals surface area contributed by atoms with Gasteiger partial charge in [-0.25, -0.2) is 0 Å². The van der Waals surface area contributed by atoms with E-state index in [4.69, 9.17) is 5.73 Å². The third kappa shape index (κ3) is 3.56. The number of benzene rings is 1. The predicted molar refractivity (Wildman–Crippen MR) is 81.1 cm³/mol. The summed E-state index contributed by atoms with van der Waals surface area (Å²) >= 11 is 0. The first-order valence-corrected chi connectivity index (χ1v) is 7.35. The van der Waals surface area contributed by atoms with Gasteiger partial charge in [0, 0.05) is 38.8 Å². The Kier molecular flexibility index (Phi) is 4.97. The van der Waals surface area contributed by atoms with E-state index in [9.17, 15) is 0 Å². The van der Waals surface area contributed by atoms with Gasteiger partial charge in [-0.3, -0.25) is 4.90 Å². The first-order chi connectivity index (χ1) is 9.13. The molecule has 3 heteroatoms. The van der Waals surface area contributed by atoms with Gasteiger partial charge in [0.15, 0.2) is 0 Å². The zero-order valence-corrected chi connectivity index (χ0v) is 12.5. The van der Waals surface area contributed by atoms with E-state index < -0.39 is 0 Å². The minimum atomic E-state index is 0.632. The molecule has 0 spiro atoms. The predicted octanol–water partition coefficient (Wildman–Crippen LogP) is 1.98. The van der Waals surface area contributed by atoms with Crippen LogP contribution < -0.4 is 5.73 Å². The maximum Gasteiger partial charge on any atom is 0.0237 e. The number of hydrogen-bond donors (Lipinski definition) is 1. The summed E-state index contributed by atoms with van der Waals surface area (Å²) < 4.78 is 0. The highest BCUT2D eigenvalue weighted by atomic mass is 15.3. The first-order valence-electron chi connectivity index (χ1n) is 7.35. The van der Waals surface area contributed by atoms with Crippen LogP contribution in [0.25, 0.3) is 0 Å². The minimum Gasteiger partial charge on any atom is -0.326 e. The molecule has 1 unspecified atom stereocenters. The number of piperazine rings is 1. The number of aryl methyl sites for hydroxylation is 1. The second-order valence-corrected chi connectivity index (χ2v) is 5.74. The van der Waals surface area contributed by atoms with E-state index in [1.165, 1.54) is 42.7 Å². The van der Waals surface area contributed by atoms with Crippen LogP contribution in [0.5, 0.6) is 0 Å². The summed E-state index contributed by atoms with van der Waals surface area (Å²) in [5, 5.41) is 0. The second-order valence-electron chi connectivity index (χ2n) is 5.74. The van der Waals surface area contributed by atoms with Crippen molar-refractivity contribution >= 4 is 0 Å². The van der Waals surface area contributed by atoms with Gasteiger partial charge >= 0.3 is 0 Å². The standard InChI is InChI=1S/C16H27N3/c1-4-16-12-19(8-7-18(16)3)11-15-6-5-14(10-17)9-13(15)2/h5-6,9,16H,4,7-8,10-12,17H2,1-3H3. The molecule has 0 saturated carbocycles. The fourth-order valence-corrected chi connectivity index (χ4v) is 2.90. The largest absolute Gasteiger partial charge is 0.326 e. The topological polar surface area (TPSA) is 32.5 Å². The fourth-order valence-electron chi connectivity index (χ4n) is 2.90. The average Bonchev–Trinajstić information content (AvgIpc) is 2.43. The molecule has 1 aromatic carbocycles. The first kappa shape index (κ1) is 14.5. The van der Waals surface area contributed by atoms with E-state index in [-0.39, 0.29) is 0 Å². The summed E-state index contributed by atoms with van der Waals surface area (Å²) in [5.74, 6) is 0. The minimum absolute atomic E-state index is 0.632. The molecule has 1 fully saturated rings. The summed E-state index contributed by atoms with van der Waals surface area (Å²) in [6, 6.07) is 7.34. The Hall–Kier alpha value is -0.900. The molecule has 1 aliphatic rings. The lowest BCUT2D eigenvalue weighted by molar-refractivity contribution is 0.0882. The number of likely N-dealkylation sites (N-methyl/N-ethyl adjacent to an activating group) is 1. The molecule has 19 heavy (non-hydrogen) atoms. The maximum absolute atomic E-state index is 5.69. The lowest BCUT2D eigenvalue weighted by atomic mass is 10.0. The van der Waals surface area contributed by atoms with Gasteiger partial charge in [0.25, 0.3) is 0 Å². The molecule has 3 nitrogen and oxygen atoms in total. The molecule has 0 aliphatic carbocycles. The van der Waals surface area contributed by atoms with Crippen molar-refractivity contribution in [3.63, 3.8) is 0 Å². The van der Waals surface area contributed by atoms with Gasteiger partial charge in [0.1, 0.15) is 0 Å². The van der Waals surface area contributed by atoms with Crippen LogP contribution in [0.3, 0.4) is 0 Å². The van der Waals surface area contributed by atoms with Crippen molar-refractivity contribution in [1.29, 1.82) is 0 Å². The number of hydrogen-bond acceptors (Lipinski definition) is 3. The molecule has 2 N–H and O–H groups in total. The molecule has 1 atom stereocenters. The van der Waals surface area contributed by atoms with E-state index in [0.717, 1.165) is 6.54 Å². The second kappa shape index (κ2) is 6.51. The lowest BCUT2D eigenvalue weighted by Crippen LogP contribution is -2.50. The lowest BCUT2D eigenvalue weighted by Gasteiger charge is -2.39. The van der Waals surface area contributed by atoms with Crippen LogP contribution in [0.4, 0.5) is 0 Å². The molecular weight excluding hydrogens is 234 g/mol. The molecule has 2 rings (SSSR count). The van der Waals surface area contributed by atoms with Gasteiger partial charge in [-0.2, -0.15) is 0 Å². The molecule has 0 amide bonds. The van der Waals surface area contributed by atoms with Crippen LogP contribution in [0.15, 0.2) is 18.2 Å². The Balaban J connectivity index is 2.01. The van der Waals surface area contributed by atoms with Crippen LogP contribution in [-0.2, 0) is 13.1 Å². The van der Waals surface area contributed by atoms with Gasteiger partial charge < -0.3 is 10.6 Å². The van der Waals surface area contributed by atoms with Crippen molar-refractivity contribution in [2.45, 2.75) is 39.4 Å². The van der Waals surface area contributed by atoms with Gasteiger partial charge in [-0.15, -0.1) is 0 Å². The highest BCUT2D eigenvalue weighted by molar-refractivity contribution is 5.31.